The molecule has 0 radical (unpaired) electrons. The van der Waals surface area contributed by atoms with E-state index in [0.29, 0.717) is 17.8 Å². The molecule has 0 aliphatic heterocycles. The van der Waals surface area contributed by atoms with Gasteiger partial charge in [-0.3, -0.25) is 4.79 Å². The van der Waals surface area contributed by atoms with E-state index < -0.39 is 0 Å². The minimum absolute atomic E-state index is 0.00921. The van der Waals surface area contributed by atoms with Crippen molar-refractivity contribution in [1.82, 2.24) is 0 Å². The molecule has 1 aromatic carbocycles. The summed E-state index contributed by atoms with van der Waals surface area (Å²) in [6, 6.07) is 9.19. The number of hydrogen-bond donors (Lipinski definition) is 1. The number of amides is 1. The lowest BCUT2D eigenvalue weighted by Gasteiger charge is -2.20. The molecular formula is C13H13BrN2OS. The van der Waals surface area contributed by atoms with Gasteiger partial charge in [-0.05, 0) is 47.1 Å². The largest absolute Gasteiger partial charge is 0.399 e. The van der Waals surface area contributed by atoms with E-state index in [1.165, 1.54) is 11.3 Å². The molecule has 0 fully saturated rings. The maximum Gasteiger partial charge on any atom is 0.259 e. The first-order valence-electron chi connectivity index (χ1n) is 5.53. The van der Waals surface area contributed by atoms with Gasteiger partial charge in [-0.2, -0.15) is 0 Å². The molecule has 5 heteroatoms. The van der Waals surface area contributed by atoms with Crippen LogP contribution in [0.3, 0.4) is 0 Å². The summed E-state index contributed by atoms with van der Waals surface area (Å²) >= 11 is 4.87. The number of benzene rings is 1. The SMILES string of the molecule is CCN(C(=O)c1csc(Br)c1)c1cccc(N)c1. The van der Waals surface area contributed by atoms with Gasteiger partial charge in [-0.15, -0.1) is 11.3 Å². The Balaban J connectivity index is 2.31. The van der Waals surface area contributed by atoms with E-state index in [4.69, 9.17) is 5.73 Å². The van der Waals surface area contributed by atoms with Crippen molar-refractivity contribution in [2.24, 2.45) is 0 Å². The van der Waals surface area contributed by atoms with Gasteiger partial charge in [-0.1, -0.05) is 6.07 Å². The average molecular weight is 325 g/mol. The van der Waals surface area contributed by atoms with Crippen LogP contribution in [0.4, 0.5) is 11.4 Å². The van der Waals surface area contributed by atoms with Crippen LogP contribution in [0.2, 0.25) is 0 Å². The van der Waals surface area contributed by atoms with Gasteiger partial charge in [0.15, 0.2) is 0 Å². The maximum absolute atomic E-state index is 12.4. The Morgan fingerprint density at radius 1 is 1.44 bits per heavy atom. The molecule has 2 N–H and O–H groups in total. The van der Waals surface area contributed by atoms with Crippen LogP contribution in [0.1, 0.15) is 17.3 Å². The zero-order chi connectivity index (χ0) is 13.1. The summed E-state index contributed by atoms with van der Waals surface area (Å²) < 4.78 is 0.953. The lowest BCUT2D eigenvalue weighted by atomic mass is 10.2. The molecular weight excluding hydrogens is 312 g/mol. The summed E-state index contributed by atoms with van der Waals surface area (Å²) in [7, 11) is 0. The van der Waals surface area contributed by atoms with Crippen molar-refractivity contribution in [2.75, 3.05) is 17.2 Å². The van der Waals surface area contributed by atoms with Crippen molar-refractivity contribution in [2.45, 2.75) is 6.92 Å². The molecule has 18 heavy (non-hydrogen) atoms. The second kappa shape index (κ2) is 5.54. The number of anilines is 2. The number of nitrogens with two attached hydrogens (primary N) is 1. The van der Waals surface area contributed by atoms with Crippen LogP contribution in [0.5, 0.6) is 0 Å². The highest BCUT2D eigenvalue weighted by Crippen LogP contribution is 2.24. The minimum Gasteiger partial charge on any atom is -0.399 e. The second-order valence-corrected chi connectivity index (χ2v) is 6.07. The van der Waals surface area contributed by atoms with Crippen molar-refractivity contribution >= 4 is 44.5 Å². The lowest BCUT2D eigenvalue weighted by molar-refractivity contribution is 0.0989. The van der Waals surface area contributed by atoms with Crippen LogP contribution >= 0.6 is 27.3 Å². The van der Waals surface area contributed by atoms with Crippen molar-refractivity contribution < 1.29 is 4.79 Å². The van der Waals surface area contributed by atoms with E-state index in [1.54, 1.807) is 4.90 Å². The Bertz CT molecular complexity index is 568. The summed E-state index contributed by atoms with van der Waals surface area (Å²) in [5, 5.41) is 1.85. The molecule has 1 heterocycles. The number of carbonyl (C=O) groups excluding carboxylic acids is 1. The molecule has 0 aliphatic rings. The first-order chi connectivity index (χ1) is 8.61. The summed E-state index contributed by atoms with van der Waals surface area (Å²) in [5.41, 5.74) is 7.92. The summed E-state index contributed by atoms with van der Waals surface area (Å²) in [4.78, 5) is 14.1. The first kappa shape index (κ1) is 13.1. The predicted molar refractivity (Wildman–Crippen MR) is 80.2 cm³/mol. The van der Waals surface area contributed by atoms with Gasteiger partial charge in [0, 0.05) is 23.3 Å². The zero-order valence-corrected chi connectivity index (χ0v) is 12.3. The number of rotatable bonds is 3. The quantitative estimate of drug-likeness (QED) is 0.874. The Kier molecular flexibility index (Phi) is 4.04. The smallest absolute Gasteiger partial charge is 0.259 e. The van der Waals surface area contributed by atoms with Crippen LogP contribution < -0.4 is 10.6 Å². The monoisotopic (exact) mass is 324 g/mol. The third kappa shape index (κ3) is 2.73. The molecule has 0 saturated heterocycles. The Morgan fingerprint density at radius 2 is 2.22 bits per heavy atom. The number of halogens is 1. The molecule has 94 valence electrons. The lowest BCUT2D eigenvalue weighted by Crippen LogP contribution is -2.30. The van der Waals surface area contributed by atoms with Gasteiger partial charge >= 0.3 is 0 Å². The second-order valence-electron chi connectivity index (χ2n) is 3.78. The third-order valence-electron chi connectivity index (χ3n) is 2.56. The molecule has 0 spiro atoms. The highest BCUT2D eigenvalue weighted by Gasteiger charge is 2.17. The van der Waals surface area contributed by atoms with E-state index in [0.717, 1.165) is 9.47 Å². The van der Waals surface area contributed by atoms with Gasteiger partial charge in [0.2, 0.25) is 0 Å². The number of carbonyl (C=O) groups is 1. The fourth-order valence-corrected chi connectivity index (χ4v) is 2.84. The Morgan fingerprint density at radius 3 is 2.78 bits per heavy atom. The topological polar surface area (TPSA) is 46.3 Å². The highest BCUT2D eigenvalue weighted by atomic mass is 79.9. The van der Waals surface area contributed by atoms with Gasteiger partial charge in [0.1, 0.15) is 0 Å². The number of hydrogen-bond acceptors (Lipinski definition) is 3. The molecule has 0 aliphatic carbocycles. The summed E-state index contributed by atoms with van der Waals surface area (Å²) in [6.07, 6.45) is 0. The number of nitrogens with zero attached hydrogens (tertiary/aromatic N) is 1. The third-order valence-corrected chi connectivity index (χ3v) is 4.06. The molecule has 0 bridgehead atoms. The van der Waals surface area contributed by atoms with E-state index >= 15 is 0 Å². The molecule has 1 amide bonds. The minimum atomic E-state index is -0.00921. The van der Waals surface area contributed by atoms with E-state index in [1.807, 2.05) is 42.6 Å². The van der Waals surface area contributed by atoms with E-state index in [2.05, 4.69) is 15.9 Å². The van der Waals surface area contributed by atoms with Crippen LogP contribution in [-0.4, -0.2) is 12.5 Å². The van der Waals surface area contributed by atoms with Gasteiger partial charge in [0.05, 0.1) is 9.35 Å². The number of thiophene rings is 1. The van der Waals surface area contributed by atoms with Crippen LogP contribution in [-0.2, 0) is 0 Å². The molecule has 0 unspecified atom stereocenters. The number of nitrogen functional groups attached to an aromatic ring is 1. The maximum atomic E-state index is 12.4. The molecule has 3 nitrogen and oxygen atoms in total. The fourth-order valence-electron chi connectivity index (χ4n) is 1.71. The van der Waals surface area contributed by atoms with Crippen molar-refractivity contribution in [3.05, 3.63) is 45.1 Å². The van der Waals surface area contributed by atoms with Crippen molar-refractivity contribution in [1.29, 1.82) is 0 Å². The average Bonchev–Trinajstić information content (AvgIpc) is 2.77. The van der Waals surface area contributed by atoms with Crippen LogP contribution in [0.15, 0.2) is 39.5 Å². The molecule has 2 rings (SSSR count). The van der Waals surface area contributed by atoms with Crippen molar-refractivity contribution in [3.63, 3.8) is 0 Å². The predicted octanol–water partition coefficient (Wildman–Crippen LogP) is 3.76. The summed E-state index contributed by atoms with van der Waals surface area (Å²) in [6.45, 7) is 2.55. The zero-order valence-electron chi connectivity index (χ0n) is 9.89. The molecule has 1 aromatic heterocycles. The van der Waals surface area contributed by atoms with Gasteiger partial charge in [0.25, 0.3) is 5.91 Å². The van der Waals surface area contributed by atoms with E-state index in [-0.39, 0.29) is 5.91 Å². The molecule has 0 saturated carbocycles. The van der Waals surface area contributed by atoms with Crippen LogP contribution in [0.25, 0.3) is 0 Å². The Hall–Kier alpha value is -1.33. The Labute approximate surface area is 118 Å². The highest BCUT2D eigenvalue weighted by molar-refractivity contribution is 9.11. The van der Waals surface area contributed by atoms with Crippen LogP contribution in [0, 0.1) is 0 Å². The molecule has 0 atom stereocenters. The summed E-state index contributed by atoms with van der Waals surface area (Å²) in [5.74, 6) is -0.00921. The van der Waals surface area contributed by atoms with Crippen molar-refractivity contribution in [3.8, 4) is 0 Å². The fraction of sp³-hybridized carbons (Fsp3) is 0.154. The molecule has 2 aromatic rings. The standard InChI is InChI=1S/C13H13BrN2OS/c1-2-16(11-5-3-4-10(15)7-11)13(17)9-6-12(14)18-8-9/h3-8H,2,15H2,1H3. The van der Waals surface area contributed by atoms with E-state index in [9.17, 15) is 4.79 Å². The van der Waals surface area contributed by atoms with Gasteiger partial charge in [-0.25, -0.2) is 0 Å². The van der Waals surface area contributed by atoms with Gasteiger partial charge < -0.3 is 10.6 Å². The first-order valence-corrected chi connectivity index (χ1v) is 7.20. The normalized spacial score (nSPS) is 10.3.